The molecular formula is C16H17N3O2. The summed E-state index contributed by atoms with van der Waals surface area (Å²) in [4.78, 5) is 6.53. The second-order valence-corrected chi connectivity index (χ2v) is 5.30. The number of morpholine rings is 1. The average molecular weight is 283 g/mol. The van der Waals surface area contributed by atoms with Crippen LogP contribution in [-0.2, 0) is 4.74 Å². The number of hydrogen-bond donors (Lipinski definition) is 1. The van der Waals surface area contributed by atoms with Crippen LogP contribution in [0.15, 0.2) is 30.5 Å². The van der Waals surface area contributed by atoms with Crippen LogP contribution in [0.4, 0.5) is 5.69 Å². The van der Waals surface area contributed by atoms with Crippen LogP contribution < -0.4 is 4.90 Å². The van der Waals surface area contributed by atoms with Gasteiger partial charge in [-0.05, 0) is 31.2 Å². The van der Waals surface area contributed by atoms with Crippen LogP contribution in [0.3, 0.4) is 0 Å². The molecule has 108 valence electrons. The summed E-state index contributed by atoms with van der Waals surface area (Å²) < 4.78 is 5.68. The second-order valence-electron chi connectivity index (χ2n) is 5.30. The number of aromatic nitrogens is 1. The van der Waals surface area contributed by atoms with E-state index in [-0.39, 0.29) is 18.8 Å². The molecule has 0 bridgehead atoms. The molecule has 1 N–H and O–H groups in total. The van der Waals surface area contributed by atoms with E-state index in [1.165, 1.54) is 0 Å². The minimum Gasteiger partial charge on any atom is -0.394 e. The predicted molar refractivity (Wildman–Crippen MR) is 80.1 cm³/mol. The van der Waals surface area contributed by atoms with Crippen LogP contribution in [0, 0.1) is 11.3 Å². The van der Waals surface area contributed by atoms with Gasteiger partial charge in [0.2, 0.25) is 0 Å². The molecule has 0 radical (unpaired) electrons. The molecule has 0 amide bonds. The largest absolute Gasteiger partial charge is 0.394 e. The van der Waals surface area contributed by atoms with Gasteiger partial charge in [0.1, 0.15) is 6.07 Å². The Labute approximate surface area is 123 Å². The molecule has 1 aliphatic rings. The maximum atomic E-state index is 9.36. The fourth-order valence-corrected chi connectivity index (χ4v) is 2.87. The number of anilines is 1. The SMILES string of the molecule is C[C@@H]1CN(c2ccc(C#N)c3ncccc23)C[C@@H](CO)O1. The smallest absolute Gasteiger partial charge is 0.101 e. The monoisotopic (exact) mass is 283 g/mol. The van der Waals surface area contributed by atoms with Crippen molar-refractivity contribution in [1.29, 1.82) is 5.26 Å². The first-order chi connectivity index (χ1) is 10.2. The normalized spacial score (nSPS) is 22.2. The van der Waals surface area contributed by atoms with Gasteiger partial charge in [-0.1, -0.05) is 0 Å². The third-order valence-electron chi connectivity index (χ3n) is 3.74. The van der Waals surface area contributed by atoms with Crippen molar-refractivity contribution >= 4 is 16.6 Å². The van der Waals surface area contributed by atoms with Crippen molar-refractivity contribution in [3.05, 3.63) is 36.0 Å². The van der Waals surface area contributed by atoms with Gasteiger partial charge < -0.3 is 14.7 Å². The standard InChI is InChI=1S/C16H17N3O2/c1-11-8-19(9-13(10-20)21-11)15-5-4-12(7-17)16-14(15)3-2-6-18-16/h2-6,11,13,20H,8-10H2,1H3/t11-,13+/m1/s1. The molecule has 2 aromatic rings. The van der Waals surface area contributed by atoms with Gasteiger partial charge in [0, 0.05) is 30.4 Å². The van der Waals surface area contributed by atoms with Crippen LogP contribution >= 0.6 is 0 Å². The molecule has 3 rings (SSSR count). The highest BCUT2D eigenvalue weighted by Gasteiger charge is 2.26. The molecule has 1 aliphatic heterocycles. The van der Waals surface area contributed by atoms with Gasteiger partial charge in [0.05, 0.1) is 29.9 Å². The number of hydrogen-bond acceptors (Lipinski definition) is 5. The van der Waals surface area contributed by atoms with Gasteiger partial charge in [-0.3, -0.25) is 4.98 Å². The lowest BCUT2D eigenvalue weighted by Gasteiger charge is -2.38. The highest BCUT2D eigenvalue weighted by atomic mass is 16.5. The van der Waals surface area contributed by atoms with Crippen molar-refractivity contribution in [3.8, 4) is 6.07 Å². The number of fused-ring (bicyclic) bond motifs is 1. The van der Waals surface area contributed by atoms with Crippen molar-refractivity contribution in [2.24, 2.45) is 0 Å². The zero-order valence-electron chi connectivity index (χ0n) is 11.9. The molecule has 0 spiro atoms. The number of aliphatic hydroxyl groups is 1. The quantitative estimate of drug-likeness (QED) is 0.908. The number of ether oxygens (including phenoxy) is 1. The first kappa shape index (κ1) is 13.8. The Balaban J connectivity index is 2.07. The predicted octanol–water partition coefficient (Wildman–Crippen LogP) is 1.69. The highest BCUT2D eigenvalue weighted by Crippen LogP contribution is 2.30. The van der Waals surface area contributed by atoms with E-state index < -0.39 is 0 Å². The lowest BCUT2D eigenvalue weighted by Crippen LogP contribution is -2.48. The lowest BCUT2D eigenvalue weighted by atomic mass is 10.1. The fraction of sp³-hybridized carbons (Fsp3) is 0.375. The molecule has 0 unspecified atom stereocenters. The zero-order chi connectivity index (χ0) is 14.8. The van der Waals surface area contributed by atoms with Gasteiger partial charge in [0.15, 0.2) is 0 Å². The maximum absolute atomic E-state index is 9.36. The molecule has 1 saturated heterocycles. The van der Waals surface area contributed by atoms with Crippen molar-refractivity contribution in [1.82, 2.24) is 4.98 Å². The molecule has 2 atom stereocenters. The van der Waals surface area contributed by atoms with Crippen LogP contribution in [0.25, 0.3) is 10.9 Å². The summed E-state index contributed by atoms with van der Waals surface area (Å²) in [7, 11) is 0. The first-order valence-corrected chi connectivity index (χ1v) is 7.02. The Morgan fingerprint density at radius 2 is 2.29 bits per heavy atom. The first-order valence-electron chi connectivity index (χ1n) is 7.02. The van der Waals surface area contributed by atoms with Gasteiger partial charge in [-0.2, -0.15) is 5.26 Å². The van der Waals surface area contributed by atoms with Gasteiger partial charge in [0.25, 0.3) is 0 Å². The van der Waals surface area contributed by atoms with Crippen LogP contribution in [-0.4, -0.2) is 42.0 Å². The Bertz CT molecular complexity index is 695. The summed E-state index contributed by atoms with van der Waals surface area (Å²) in [5.74, 6) is 0. The Hall–Kier alpha value is -2.16. The van der Waals surface area contributed by atoms with Gasteiger partial charge in [-0.15, -0.1) is 0 Å². The molecule has 1 fully saturated rings. The van der Waals surface area contributed by atoms with Crippen molar-refractivity contribution in [2.45, 2.75) is 19.1 Å². The minimum absolute atomic E-state index is 0.00724. The molecule has 1 aromatic heterocycles. The number of aliphatic hydroxyl groups excluding tert-OH is 1. The molecule has 2 heterocycles. The molecule has 5 heteroatoms. The number of nitrogens with zero attached hydrogens (tertiary/aromatic N) is 3. The summed E-state index contributed by atoms with van der Waals surface area (Å²) in [6.45, 7) is 3.40. The van der Waals surface area contributed by atoms with E-state index in [2.05, 4.69) is 16.0 Å². The Morgan fingerprint density at radius 1 is 1.43 bits per heavy atom. The highest BCUT2D eigenvalue weighted by molar-refractivity contribution is 5.95. The summed E-state index contributed by atoms with van der Waals surface area (Å²) in [5, 5.41) is 19.5. The number of rotatable bonds is 2. The molecule has 0 saturated carbocycles. The lowest BCUT2D eigenvalue weighted by molar-refractivity contribution is -0.0420. The van der Waals surface area contributed by atoms with Gasteiger partial charge in [-0.25, -0.2) is 0 Å². The Kier molecular flexibility index (Phi) is 3.74. The van der Waals surface area contributed by atoms with E-state index in [9.17, 15) is 10.4 Å². The summed E-state index contributed by atoms with van der Waals surface area (Å²) >= 11 is 0. The maximum Gasteiger partial charge on any atom is 0.101 e. The number of benzene rings is 1. The van der Waals surface area contributed by atoms with E-state index in [1.54, 1.807) is 12.3 Å². The van der Waals surface area contributed by atoms with Gasteiger partial charge >= 0.3 is 0 Å². The van der Waals surface area contributed by atoms with Crippen molar-refractivity contribution in [3.63, 3.8) is 0 Å². The third-order valence-corrected chi connectivity index (χ3v) is 3.74. The van der Waals surface area contributed by atoms with Crippen LogP contribution in [0.1, 0.15) is 12.5 Å². The zero-order valence-corrected chi connectivity index (χ0v) is 11.9. The van der Waals surface area contributed by atoms with Crippen LogP contribution in [0.2, 0.25) is 0 Å². The third kappa shape index (κ3) is 2.56. The fourth-order valence-electron chi connectivity index (χ4n) is 2.87. The van der Waals surface area contributed by atoms with Crippen LogP contribution in [0.5, 0.6) is 0 Å². The number of nitriles is 1. The van der Waals surface area contributed by atoms with E-state index in [0.717, 1.165) is 23.1 Å². The molecule has 0 aliphatic carbocycles. The second kappa shape index (κ2) is 5.68. The number of pyridine rings is 1. The van der Waals surface area contributed by atoms with E-state index in [1.807, 2.05) is 25.1 Å². The summed E-state index contributed by atoms with van der Waals surface area (Å²) in [6, 6.07) is 9.79. The minimum atomic E-state index is -0.184. The topological polar surface area (TPSA) is 69.4 Å². The van der Waals surface area contributed by atoms with Crippen molar-refractivity contribution in [2.75, 3.05) is 24.6 Å². The summed E-state index contributed by atoms with van der Waals surface area (Å²) in [6.07, 6.45) is 1.57. The summed E-state index contributed by atoms with van der Waals surface area (Å²) in [5.41, 5.74) is 2.33. The Morgan fingerprint density at radius 3 is 3.05 bits per heavy atom. The molecular weight excluding hydrogens is 266 g/mol. The molecule has 21 heavy (non-hydrogen) atoms. The van der Waals surface area contributed by atoms with E-state index >= 15 is 0 Å². The van der Waals surface area contributed by atoms with E-state index in [4.69, 9.17) is 4.74 Å². The molecule has 1 aromatic carbocycles. The molecule has 5 nitrogen and oxygen atoms in total. The average Bonchev–Trinajstić information content (AvgIpc) is 2.53. The van der Waals surface area contributed by atoms with E-state index in [0.29, 0.717) is 12.1 Å². The van der Waals surface area contributed by atoms with Crippen molar-refractivity contribution < 1.29 is 9.84 Å².